The molecule has 11 heteroatoms. The fourth-order valence-corrected chi connectivity index (χ4v) is 10.0. The van der Waals surface area contributed by atoms with Crippen LogP contribution in [0.2, 0.25) is 0 Å². The van der Waals surface area contributed by atoms with Gasteiger partial charge in [-0.1, -0.05) is 41.5 Å². The van der Waals surface area contributed by atoms with Gasteiger partial charge in [0, 0.05) is 47.0 Å². The van der Waals surface area contributed by atoms with Gasteiger partial charge in [-0.15, -0.1) is 0 Å². The molecule has 1 aromatic heterocycles. The molecular weight excluding hydrogens is 572 g/mol. The number of furan rings is 1. The topological polar surface area (TPSA) is 148 Å². The molecule has 0 amide bonds. The number of rotatable bonds is 6. The fourth-order valence-electron chi connectivity index (χ4n) is 10.0. The molecule has 0 N–H and O–H groups in total. The van der Waals surface area contributed by atoms with E-state index in [1.165, 1.54) is 20.3 Å². The van der Waals surface area contributed by atoms with Crippen molar-refractivity contribution in [2.75, 3.05) is 7.11 Å². The number of hydrogen-bond donors (Lipinski definition) is 0. The Kier molecular flexibility index (Phi) is 6.75. The highest BCUT2D eigenvalue weighted by Gasteiger charge is 2.92. The van der Waals surface area contributed by atoms with Gasteiger partial charge in [0.05, 0.1) is 32.0 Å². The standard InChI is InChI=1S/C33H42O11/c1-16(2)25(37)42-27-29(4,5)20(13-22(35)39-8)31(7)19-9-11-30(6)21(14-23(36)41-24(30)18-10-12-40-15-18)32(19)28(44-32)33(27,26(31)38)43-17(3)34/h10,12,15-16,19-21,24,27-28H,9,11,13-14H2,1-8H3. The predicted molar refractivity (Wildman–Crippen MR) is 150 cm³/mol. The Morgan fingerprint density at radius 1 is 1.09 bits per heavy atom. The van der Waals surface area contributed by atoms with E-state index >= 15 is 4.79 Å². The highest BCUT2D eigenvalue weighted by Crippen LogP contribution is 2.79. The summed E-state index contributed by atoms with van der Waals surface area (Å²) in [6, 6.07) is 1.78. The van der Waals surface area contributed by atoms with Crippen molar-refractivity contribution in [3.63, 3.8) is 0 Å². The Hall–Kier alpha value is -3.21. The van der Waals surface area contributed by atoms with Gasteiger partial charge in [-0.25, -0.2) is 0 Å². The number of carbonyl (C=O) groups is 5. The van der Waals surface area contributed by atoms with Crippen LogP contribution in [0, 0.1) is 39.9 Å². The van der Waals surface area contributed by atoms with Crippen molar-refractivity contribution in [1.82, 2.24) is 0 Å². The molecule has 44 heavy (non-hydrogen) atoms. The number of fused-ring (bicyclic) bond motifs is 5. The van der Waals surface area contributed by atoms with Crippen LogP contribution < -0.4 is 0 Å². The van der Waals surface area contributed by atoms with E-state index in [2.05, 4.69) is 6.92 Å². The number of esters is 4. The molecule has 240 valence electrons. The zero-order valence-corrected chi connectivity index (χ0v) is 26.6. The molecule has 0 radical (unpaired) electrons. The van der Waals surface area contributed by atoms with Gasteiger partial charge in [-0.05, 0) is 24.8 Å². The van der Waals surface area contributed by atoms with Crippen molar-refractivity contribution in [3.8, 4) is 0 Å². The Morgan fingerprint density at radius 3 is 2.39 bits per heavy atom. The van der Waals surface area contributed by atoms with E-state index in [4.69, 9.17) is 28.1 Å². The molecule has 3 aliphatic carbocycles. The van der Waals surface area contributed by atoms with Gasteiger partial charge in [0.2, 0.25) is 5.60 Å². The quantitative estimate of drug-likeness (QED) is 0.259. The van der Waals surface area contributed by atoms with E-state index in [0.29, 0.717) is 12.8 Å². The lowest BCUT2D eigenvalue weighted by molar-refractivity contribution is -0.257. The lowest BCUT2D eigenvalue weighted by atomic mass is 9.36. The van der Waals surface area contributed by atoms with Crippen LogP contribution in [0.1, 0.15) is 85.8 Å². The maximum atomic E-state index is 15.2. The second kappa shape index (κ2) is 9.64. The molecular formula is C33H42O11. The molecule has 2 aliphatic heterocycles. The van der Waals surface area contributed by atoms with E-state index < -0.39 is 99.1 Å². The summed E-state index contributed by atoms with van der Waals surface area (Å²) in [5, 5.41) is 0. The third kappa shape index (κ3) is 3.73. The smallest absolute Gasteiger partial charge is 0.308 e. The van der Waals surface area contributed by atoms with Gasteiger partial charge < -0.3 is 28.1 Å². The monoisotopic (exact) mass is 614 g/mol. The summed E-state index contributed by atoms with van der Waals surface area (Å²) < 4.78 is 35.5. The number of ether oxygens (including phenoxy) is 5. The van der Waals surface area contributed by atoms with Gasteiger partial charge in [-0.3, -0.25) is 24.0 Å². The van der Waals surface area contributed by atoms with Gasteiger partial charge >= 0.3 is 23.9 Å². The van der Waals surface area contributed by atoms with E-state index in [9.17, 15) is 19.2 Å². The molecule has 11 nitrogen and oxygen atoms in total. The molecule has 3 heterocycles. The van der Waals surface area contributed by atoms with Crippen molar-refractivity contribution in [1.29, 1.82) is 0 Å². The zero-order chi connectivity index (χ0) is 32.2. The first-order chi connectivity index (χ1) is 20.5. The minimum absolute atomic E-state index is 0.0276. The number of ketones is 1. The highest BCUT2D eigenvalue weighted by molar-refractivity contribution is 6.00. The van der Waals surface area contributed by atoms with Crippen LogP contribution in [0.5, 0.6) is 0 Å². The van der Waals surface area contributed by atoms with E-state index in [1.54, 1.807) is 26.2 Å². The number of epoxide rings is 1. The number of methoxy groups -OCH3 is 1. The SMILES string of the molecule is COC(=O)CC1C(C)(C)C(OC(=O)C(C)C)C2(OC(C)=O)C(=O)C1(C)C1CCC3(C)C(c4ccoc4)OC(=O)CC3C13OC23. The lowest BCUT2D eigenvalue weighted by Gasteiger charge is -2.67. The molecule has 10 unspecified atom stereocenters. The Bertz CT molecular complexity index is 1410. The van der Waals surface area contributed by atoms with E-state index in [0.717, 1.165) is 5.56 Å². The predicted octanol–water partition coefficient (Wildman–Crippen LogP) is 4.12. The zero-order valence-electron chi connectivity index (χ0n) is 26.6. The second-order valence-electron chi connectivity index (χ2n) is 14.8. The second-order valence-corrected chi connectivity index (χ2v) is 14.8. The molecule has 3 saturated carbocycles. The van der Waals surface area contributed by atoms with Crippen molar-refractivity contribution in [2.24, 2.45) is 39.9 Å². The van der Waals surface area contributed by atoms with Crippen molar-refractivity contribution >= 4 is 29.7 Å². The summed E-state index contributed by atoms with van der Waals surface area (Å²) in [6.45, 7) is 12.1. The summed E-state index contributed by atoms with van der Waals surface area (Å²) in [7, 11) is 1.29. The van der Waals surface area contributed by atoms with Crippen LogP contribution in [-0.4, -0.2) is 60.2 Å². The lowest BCUT2D eigenvalue weighted by Crippen LogP contribution is -2.81. The van der Waals surface area contributed by atoms with E-state index in [1.807, 2.05) is 20.8 Å². The number of cyclic esters (lactones) is 1. The summed E-state index contributed by atoms with van der Waals surface area (Å²) in [5.41, 5.74) is -5.31. The molecule has 2 saturated heterocycles. The molecule has 1 aromatic rings. The summed E-state index contributed by atoms with van der Waals surface area (Å²) in [6.07, 6.45) is 1.25. The van der Waals surface area contributed by atoms with E-state index in [-0.39, 0.29) is 12.8 Å². The fraction of sp³-hybridized carbons (Fsp3) is 0.727. The first-order valence-corrected chi connectivity index (χ1v) is 15.4. The Balaban J connectivity index is 1.59. The molecule has 6 rings (SSSR count). The van der Waals surface area contributed by atoms with Crippen LogP contribution in [0.15, 0.2) is 23.0 Å². The first-order valence-electron chi connectivity index (χ1n) is 15.4. The largest absolute Gasteiger partial charge is 0.472 e. The van der Waals surface area contributed by atoms with Crippen molar-refractivity contribution < 1.29 is 52.1 Å². The molecule has 0 aromatic carbocycles. The van der Waals surface area contributed by atoms with Crippen LogP contribution >= 0.6 is 0 Å². The average molecular weight is 615 g/mol. The van der Waals surface area contributed by atoms with Gasteiger partial charge in [0.15, 0.2) is 11.9 Å². The van der Waals surface area contributed by atoms with Crippen LogP contribution in [0.25, 0.3) is 0 Å². The van der Waals surface area contributed by atoms with Crippen LogP contribution in [0.3, 0.4) is 0 Å². The normalized spacial score (nSPS) is 43.1. The Morgan fingerprint density at radius 2 is 1.80 bits per heavy atom. The maximum absolute atomic E-state index is 15.2. The van der Waals surface area contributed by atoms with Crippen LogP contribution in [-0.2, 0) is 47.7 Å². The van der Waals surface area contributed by atoms with Gasteiger partial charge in [0.25, 0.3) is 0 Å². The third-order valence-electron chi connectivity index (χ3n) is 11.9. The highest BCUT2D eigenvalue weighted by atomic mass is 16.7. The molecule has 5 fully saturated rings. The number of hydrogen-bond acceptors (Lipinski definition) is 11. The van der Waals surface area contributed by atoms with Crippen molar-refractivity contribution in [2.45, 2.75) is 104 Å². The summed E-state index contributed by atoms with van der Waals surface area (Å²) >= 11 is 0. The minimum Gasteiger partial charge on any atom is -0.472 e. The molecule has 2 bridgehead atoms. The first kappa shape index (κ1) is 30.8. The summed E-state index contributed by atoms with van der Waals surface area (Å²) in [5.74, 6) is -4.75. The average Bonchev–Trinajstić information content (AvgIpc) is 3.43. The van der Waals surface area contributed by atoms with Gasteiger partial charge in [0.1, 0.15) is 17.8 Å². The van der Waals surface area contributed by atoms with Crippen LogP contribution in [0.4, 0.5) is 0 Å². The van der Waals surface area contributed by atoms with Gasteiger partial charge in [-0.2, -0.15) is 0 Å². The summed E-state index contributed by atoms with van der Waals surface area (Å²) in [4.78, 5) is 67.7. The number of Topliss-reactive ketones (excluding diaryl/α,β-unsaturated/α-hetero) is 1. The Labute approximate surface area is 256 Å². The number of carbonyl (C=O) groups excluding carboxylic acids is 5. The molecule has 10 atom stereocenters. The molecule has 1 spiro atoms. The maximum Gasteiger partial charge on any atom is 0.308 e. The molecule has 5 aliphatic rings. The minimum atomic E-state index is -2.00. The third-order valence-corrected chi connectivity index (χ3v) is 11.9. The van der Waals surface area contributed by atoms with Crippen molar-refractivity contribution in [3.05, 3.63) is 24.2 Å².